The second-order valence-corrected chi connectivity index (χ2v) is 6.80. The van der Waals surface area contributed by atoms with Crippen molar-refractivity contribution in [2.24, 2.45) is 0 Å². The molecule has 0 spiro atoms. The minimum absolute atomic E-state index is 0.165. The molecule has 7 heteroatoms. The molecule has 1 aliphatic rings. The number of hydrogen-bond donors (Lipinski definition) is 1. The van der Waals surface area contributed by atoms with Gasteiger partial charge in [0.1, 0.15) is 0 Å². The number of rotatable bonds is 6. The summed E-state index contributed by atoms with van der Waals surface area (Å²) >= 11 is 1.52. The molecule has 1 amide bonds. The molecule has 1 aliphatic heterocycles. The van der Waals surface area contributed by atoms with E-state index in [-0.39, 0.29) is 12.5 Å². The Morgan fingerprint density at radius 1 is 1.25 bits per heavy atom. The average Bonchev–Trinajstić information content (AvgIpc) is 2.98. The van der Waals surface area contributed by atoms with Crippen LogP contribution in [-0.2, 0) is 11.3 Å². The van der Waals surface area contributed by atoms with Gasteiger partial charge in [-0.1, -0.05) is 23.9 Å². The Morgan fingerprint density at radius 2 is 2.00 bits per heavy atom. The van der Waals surface area contributed by atoms with Crippen molar-refractivity contribution in [3.8, 4) is 0 Å². The van der Waals surface area contributed by atoms with E-state index in [0.29, 0.717) is 12.3 Å². The van der Waals surface area contributed by atoms with Crippen LogP contribution in [0, 0.1) is 0 Å². The molecule has 1 N–H and O–H groups in total. The van der Waals surface area contributed by atoms with Crippen molar-refractivity contribution in [3.05, 3.63) is 24.3 Å². The molecule has 1 fully saturated rings. The third kappa shape index (κ3) is 3.74. The lowest BCUT2D eigenvalue weighted by Crippen LogP contribution is -2.49. The number of para-hydroxylation sites is 2. The number of thioether (sulfide) groups is 1. The van der Waals surface area contributed by atoms with Crippen LogP contribution in [0.1, 0.15) is 6.92 Å². The summed E-state index contributed by atoms with van der Waals surface area (Å²) in [7, 11) is 0. The fraction of sp³-hybridized carbons (Fsp3) is 0.529. The predicted molar refractivity (Wildman–Crippen MR) is 96.2 cm³/mol. The van der Waals surface area contributed by atoms with Crippen molar-refractivity contribution in [2.75, 3.05) is 45.1 Å². The first kappa shape index (κ1) is 17.3. The number of hydrogen-bond acceptors (Lipinski definition) is 5. The summed E-state index contributed by atoms with van der Waals surface area (Å²) in [6.45, 7) is 6.97. The topological polar surface area (TPSA) is 61.6 Å². The minimum Gasteiger partial charge on any atom is -0.395 e. The Morgan fingerprint density at radius 3 is 2.71 bits per heavy atom. The van der Waals surface area contributed by atoms with E-state index in [9.17, 15) is 4.79 Å². The lowest BCUT2D eigenvalue weighted by molar-refractivity contribution is -0.130. The molecule has 24 heavy (non-hydrogen) atoms. The van der Waals surface area contributed by atoms with Crippen LogP contribution in [0.2, 0.25) is 0 Å². The van der Waals surface area contributed by atoms with Crippen molar-refractivity contribution in [2.45, 2.75) is 18.6 Å². The number of fused-ring (bicyclic) bond motifs is 1. The molecule has 0 atom stereocenters. The lowest BCUT2D eigenvalue weighted by Gasteiger charge is -2.34. The summed E-state index contributed by atoms with van der Waals surface area (Å²) in [6, 6.07) is 8.08. The summed E-state index contributed by atoms with van der Waals surface area (Å²) in [5.74, 6) is 0.585. The molecule has 1 aromatic heterocycles. The van der Waals surface area contributed by atoms with Gasteiger partial charge in [-0.05, 0) is 19.1 Å². The third-order valence-corrected chi connectivity index (χ3v) is 5.36. The highest BCUT2D eigenvalue weighted by molar-refractivity contribution is 7.99. The summed E-state index contributed by atoms with van der Waals surface area (Å²) in [5.41, 5.74) is 2.10. The van der Waals surface area contributed by atoms with Crippen LogP contribution in [0.5, 0.6) is 0 Å². The molecule has 1 aromatic carbocycles. The van der Waals surface area contributed by atoms with Crippen molar-refractivity contribution in [1.82, 2.24) is 19.4 Å². The van der Waals surface area contributed by atoms with E-state index in [4.69, 9.17) is 5.11 Å². The van der Waals surface area contributed by atoms with Crippen LogP contribution in [0.25, 0.3) is 11.0 Å². The largest absolute Gasteiger partial charge is 0.395 e. The van der Waals surface area contributed by atoms with E-state index in [2.05, 4.69) is 27.4 Å². The number of aliphatic hydroxyl groups is 1. The second-order valence-electron chi connectivity index (χ2n) is 5.86. The van der Waals surface area contributed by atoms with Gasteiger partial charge in [0.25, 0.3) is 0 Å². The SMILES string of the molecule is CCn1c(SCC(=O)N2CCN(CCO)CC2)nc2ccccc21. The first-order valence-electron chi connectivity index (χ1n) is 8.42. The fourth-order valence-corrected chi connectivity index (χ4v) is 4.03. The monoisotopic (exact) mass is 348 g/mol. The third-order valence-electron chi connectivity index (χ3n) is 4.40. The van der Waals surface area contributed by atoms with Gasteiger partial charge in [0.15, 0.2) is 5.16 Å². The lowest BCUT2D eigenvalue weighted by atomic mass is 10.3. The van der Waals surface area contributed by atoms with E-state index in [1.807, 2.05) is 23.1 Å². The molecule has 130 valence electrons. The van der Waals surface area contributed by atoms with Gasteiger partial charge < -0.3 is 14.6 Å². The number of aliphatic hydroxyl groups excluding tert-OH is 1. The van der Waals surface area contributed by atoms with Gasteiger partial charge in [0.2, 0.25) is 5.91 Å². The Bertz CT molecular complexity index is 695. The minimum atomic E-state index is 0.165. The number of piperazine rings is 1. The first-order valence-corrected chi connectivity index (χ1v) is 9.40. The summed E-state index contributed by atoms with van der Waals surface area (Å²) in [4.78, 5) is 21.2. The van der Waals surface area contributed by atoms with E-state index in [0.717, 1.165) is 48.9 Å². The van der Waals surface area contributed by atoms with E-state index in [1.165, 1.54) is 11.8 Å². The Kier molecular flexibility index (Phi) is 5.76. The van der Waals surface area contributed by atoms with Gasteiger partial charge in [0.05, 0.1) is 23.4 Å². The quantitative estimate of drug-likeness (QED) is 0.797. The number of aryl methyl sites for hydroxylation is 1. The standard InChI is InChI=1S/C17H24N4O2S/c1-2-21-15-6-4-3-5-14(15)18-17(21)24-13-16(23)20-9-7-19(8-10-20)11-12-22/h3-6,22H,2,7-13H2,1H3. The van der Waals surface area contributed by atoms with Crippen molar-refractivity contribution >= 4 is 28.7 Å². The van der Waals surface area contributed by atoms with Crippen LogP contribution in [-0.4, -0.2) is 75.4 Å². The molecular weight excluding hydrogens is 324 g/mol. The molecule has 0 saturated carbocycles. The Labute approximate surface area is 146 Å². The number of nitrogens with zero attached hydrogens (tertiary/aromatic N) is 4. The van der Waals surface area contributed by atoms with Gasteiger partial charge in [-0.15, -0.1) is 0 Å². The zero-order valence-corrected chi connectivity index (χ0v) is 14.8. The molecule has 1 saturated heterocycles. The Balaban J connectivity index is 1.59. The molecule has 0 bridgehead atoms. The molecule has 3 rings (SSSR count). The van der Waals surface area contributed by atoms with Crippen molar-refractivity contribution < 1.29 is 9.90 Å². The Hall–Kier alpha value is -1.57. The fourth-order valence-electron chi connectivity index (χ4n) is 3.05. The maximum absolute atomic E-state index is 12.5. The highest BCUT2D eigenvalue weighted by Gasteiger charge is 2.21. The van der Waals surface area contributed by atoms with Crippen molar-refractivity contribution in [1.29, 1.82) is 0 Å². The number of amides is 1. The van der Waals surface area contributed by atoms with Gasteiger partial charge >= 0.3 is 0 Å². The first-order chi connectivity index (χ1) is 11.7. The molecular formula is C17H24N4O2S. The molecule has 6 nitrogen and oxygen atoms in total. The van der Waals surface area contributed by atoms with Gasteiger partial charge in [0, 0.05) is 39.3 Å². The van der Waals surface area contributed by atoms with Crippen LogP contribution < -0.4 is 0 Å². The van der Waals surface area contributed by atoms with E-state index >= 15 is 0 Å². The van der Waals surface area contributed by atoms with Crippen LogP contribution >= 0.6 is 11.8 Å². The summed E-state index contributed by atoms with van der Waals surface area (Å²) < 4.78 is 2.16. The highest BCUT2D eigenvalue weighted by atomic mass is 32.2. The number of carbonyl (C=O) groups excluding carboxylic acids is 1. The molecule has 0 aliphatic carbocycles. The van der Waals surface area contributed by atoms with Crippen molar-refractivity contribution in [3.63, 3.8) is 0 Å². The van der Waals surface area contributed by atoms with Crippen LogP contribution in [0.3, 0.4) is 0 Å². The van der Waals surface area contributed by atoms with Gasteiger partial charge in [-0.2, -0.15) is 0 Å². The molecule has 2 heterocycles. The highest BCUT2D eigenvalue weighted by Crippen LogP contribution is 2.24. The van der Waals surface area contributed by atoms with Gasteiger partial charge in [-0.3, -0.25) is 9.69 Å². The normalized spacial score (nSPS) is 16.0. The number of imidazole rings is 1. The molecule has 2 aromatic rings. The number of benzene rings is 1. The van der Waals surface area contributed by atoms with E-state index in [1.54, 1.807) is 0 Å². The molecule has 0 radical (unpaired) electrons. The maximum Gasteiger partial charge on any atom is 0.233 e. The van der Waals surface area contributed by atoms with Gasteiger partial charge in [-0.25, -0.2) is 4.98 Å². The number of carbonyl (C=O) groups is 1. The zero-order valence-electron chi connectivity index (χ0n) is 14.0. The zero-order chi connectivity index (χ0) is 16.9. The summed E-state index contributed by atoms with van der Waals surface area (Å²) in [5, 5.41) is 9.89. The van der Waals surface area contributed by atoms with Crippen LogP contribution in [0.15, 0.2) is 29.4 Å². The number of aromatic nitrogens is 2. The maximum atomic E-state index is 12.5. The van der Waals surface area contributed by atoms with Crippen LogP contribution in [0.4, 0.5) is 0 Å². The number of β-amino-alcohol motifs (C(OH)–C–C–N with tert-alkyl or cyclic N) is 1. The molecule has 0 unspecified atom stereocenters. The smallest absolute Gasteiger partial charge is 0.233 e. The van der Waals surface area contributed by atoms with E-state index < -0.39 is 0 Å². The average molecular weight is 348 g/mol. The predicted octanol–water partition coefficient (Wildman–Crippen LogP) is 1.28. The summed E-state index contributed by atoms with van der Waals surface area (Å²) in [6.07, 6.45) is 0. The second kappa shape index (κ2) is 8.00.